The van der Waals surface area contributed by atoms with Gasteiger partial charge in [0, 0.05) is 35.8 Å². The molecule has 210 valence electrons. The van der Waals surface area contributed by atoms with E-state index in [1.54, 1.807) is 0 Å². The molecule has 0 bridgehead atoms. The molecule has 0 radical (unpaired) electrons. The minimum absolute atomic E-state index is 0.194. The third-order valence-corrected chi connectivity index (χ3v) is 7.46. The van der Waals surface area contributed by atoms with Crippen LogP contribution in [0.5, 0.6) is 5.75 Å². The van der Waals surface area contributed by atoms with Crippen molar-refractivity contribution in [2.45, 2.75) is 53.6 Å². The van der Waals surface area contributed by atoms with Gasteiger partial charge in [-0.15, -0.1) is 0 Å². The van der Waals surface area contributed by atoms with Crippen LogP contribution in [-0.4, -0.2) is 39.1 Å². The predicted molar refractivity (Wildman–Crippen MR) is 162 cm³/mol. The van der Waals surface area contributed by atoms with E-state index in [9.17, 15) is 4.39 Å². The van der Waals surface area contributed by atoms with E-state index in [4.69, 9.17) is 14.7 Å². The van der Waals surface area contributed by atoms with E-state index in [1.807, 2.05) is 26.0 Å². The van der Waals surface area contributed by atoms with E-state index in [0.717, 1.165) is 67.5 Å². The van der Waals surface area contributed by atoms with Crippen molar-refractivity contribution < 1.29 is 9.13 Å². The van der Waals surface area contributed by atoms with Gasteiger partial charge in [0.2, 0.25) is 5.95 Å². The molecule has 0 saturated carbocycles. The van der Waals surface area contributed by atoms with Crippen molar-refractivity contribution >= 4 is 22.8 Å². The molecule has 0 unspecified atom stereocenters. The highest BCUT2D eigenvalue weighted by Gasteiger charge is 2.24. The normalized spacial score (nSPS) is 13.3. The molecule has 1 aliphatic heterocycles. The van der Waals surface area contributed by atoms with Gasteiger partial charge in [-0.05, 0) is 93.3 Å². The number of benzene rings is 3. The molecule has 5 aromatic rings. The number of anilines is 2. The summed E-state index contributed by atoms with van der Waals surface area (Å²) >= 11 is 0. The standard InChI is InChI=1S/C33H35FN6O/c1-19(2)35-33-36-21(4)28(15-23-6-9-27(34)10-7-23)32(39-33)40-12-13-41-31-20(3)14-25(16-26(31)18-40)24-8-11-29-30(17-24)38-22(5)37-29/h6-11,14,16-17,19H,12-13,15,18H2,1-5H3,(H,37,38)(H,35,36,39). The van der Waals surface area contributed by atoms with Crippen LogP contribution in [-0.2, 0) is 13.0 Å². The highest BCUT2D eigenvalue weighted by Crippen LogP contribution is 2.36. The summed E-state index contributed by atoms with van der Waals surface area (Å²) in [6.45, 7) is 12.1. The van der Waals surface area contributed by atoms with Crippen LogP contribution in [0.3, 0.4) is 0 Å². The second kappa shape index (κ2) is 10.8. The molecule has 7 nitrogen and oxygen atoms in total. The van der Waals surface area contributed by atoms with Crippen LogP contribution < -0.4 is 15.0 Å². The van der Waals surface area contributed by atoms with E-state index in [1.165, 1.54) is 12.1 Å². The van der Waals surface area contributed by atoms with Gasteiger partial charge in [0.15, 0.2) is 0 Å². The van der Waals surface area contributed by atoms with Gasteiger partial charge in [-0.2, -0.15) is 4.98 Å². The molecule has 0 saturated heterocycles. The van der Waals surface area contributed by atoms with E-state index >= 15 is 0 Å². The smallest absolute Gasteiger partial charge is 0.225 e. The molecule has 0 amide bonds. The summed E-state index contributed by atoms with van der Waals surface area (Å²) in [5.74, 6) is 3.07. The fourth-order valence-corrected chi connectivity index (χ4v) is 5.56. The van der Waals surface area contributed by atoms with Crippen LogP contribution >= 0.6 is 0 Å². The lowest BCUT2D eigenvalue weighted by Crippen LogP contribution is -2.28. The van der Waals surface area contributed by atoms with Crippen molar-refractivity contribution in [2.24, 2.45) is 0 Å². The Morgan fingerprint density at radius 2 is 1.78 bits per heavy atom. The molecule has 3 heterocycles. The van der Waals surface area contributed by atoms with E-state index in [0.29, 0.717) is 32.1 Å². The number of hydrogen-bond acceptors (Lipinski definition) is 6. The van der Waals surface area contributed by atoms with Crippen LogP contribution in [0.2, 0.25) is 0 Å². The zero-order valence-electron chi connectivity index (χ0n) is 24.2. The van der Waals surface area contributed by atoms with Gasteiger partial charge in [-0.3, -0.25) is 0 Å². The van der Waals surface area contributed by atoms with Crippen LogP contribution in [0.1, 0.15) is 47.6 Å². The number of H-pyrrole nitrogens is 1. The molecule has 8 heteroatoms. The fraction of sp³-hybridized carbons (Fsp3) is 0.303. The van der Waals surface area contributed by atoms with E-state index < -0.39 is 0 Å². The van der Waals surface area contributed by atoms with Gasteiger partial charge in [0.25, 0.3) is 0 Å². The highest BCUT2D eigenvalue weighted by atomic mass is 19.1. The predicted octanol–water partition coefficient (Wildman–Crippen LogP) is 6.89. The van der Waals surface area contributed by atoms with Gasteiger partial charge in [0.05, 0.1) is 17.6 Å². The highest BCUT2D eigenvalue weighted by molar-refractivity contribution is 5.82. The Kier molecular flexibility index (Phi) is 7.07. The average molecular weight is 551 g/mol. The second-order valence-corrected chi connectivity index (χ2v) is 11.1. The third kappa shape index (κ3) is 5.59. The van der Waals surface area contributed by atoms with Gasteiger partial charge >= 0.3 is 0 Å². The first kappa shape index (κ1) is 26.7. The van der Waals surface area contributed by atoms with Crippen molar-refractivity contribution in [3.05, 3.63) is 94.2 Å². The van der Waals surface area contributed by atoms with Crippen molar-refractivity contribution in [1.29, 1.82) is 0 Å². The van der Waals surface area contributed by atoms with Crippen LogP contribution in [0.15, 0.2) is 54.6 Å². The second-order valence-electron chi connectivity index (χ2n) is 11.1. The fourth-order valence-electron chi connectivity index (χ4n) is 5.56. The van der Waals surface area contributed by atoms with Crippen molar-refractivity contribution in [3.63, 3.8) is 0 Å². The Labute approximate surface area is 239 Å². The third-order valence-electron chi connectivity index (χ3n) is 7.46. The Hall–Kier alpha value is -4.46. The van der Waals surface area contributed by atoms with Crippen molar-refractivity contribution in [3.8, 4) is 16.9 Å². The molecule has 0 fully saturated rings. The average Bonchev–Trinajstić information content (AvgIpc) is 3.16. The number of fused-ring (bicyclic) bond motifs is 2. The molecule has 0 aliphatic carbocycles. The largest absolute Gasteiger partial charge is 0.491 e. The van der Waals surface area contributed by atoms with Gasteiger partial charge < -0.3 is 19.9 Å². The molecule has 3 aromatic carbocycles. The van der Waals surface area contributed by atoms with Crippen LogP contribution in [0, 0.1) is 26.6 Å². The number of nitrogens with zero attached hydrogens (tertiary/aromatic N) is 4. The number of imidazole rings is 1. The maximum Gasteiger partial charge on any atom is 0.225 e. The molecule has 41 heavy (non-hydrogen) atoms. The monoisotopic (exact) mass is 550 g/mol. The Morgan fingerprint density at radius 3 is 2.56 bits per heavy atom. The Balaban J connectivity index is 1.40. The number of halogens is 1. The zero-order valence-corrected chi connectivity index (χ0v) is 24.2. The first-order chi connectivity index (χ1) is 19.7. The minimum Gasteiger partial charge on any atom is -0.491 e. The molecule has 6 rings (SSSR count). The minimum atomic E-state index is -0.243. The number of nitrogens with one attached hydrogen (secondary N) is 2. The van der Waals surface area contributed by atoms with E-state index in [2.05, 4.69) is 71.3 Å². The molecule has 0 atom stereocenters. The number of rotatable bonds is 6. The van der Waals surface area contributed by atoms with Crippen molar-refractivity contribution in [2.75, 3.05) is 23.4 Å². The molecule has 1 aliphatic rings. The SMILES string of the molecule is Cc1nc2ccc(-c3cc(C)c4c(c3)CN(c3nc(NC(C)C)nc(C)c3Cc3ccc(F)cc3)CCO4)cc2[nH]1. The van der Waals surface area contributed by atoms with Crippen LogP contribution in [0.25, 0.3) is 22.2 Å². The van der Waals surface area contributed by atoms with Crippen LogP contribution in [0.4, 0.5) is 16.2 Å². The zero-order chi connectivity index (χ0) is 28.7. The summed E-state index contributed by atoms with van der Waals surface area (Å²) in [5, 5.41) is 3.38. The number of aromatic nitrogens is 4. The summed E-state index contributed by atoms with van der Waals surface area (Å²) in [6.07, 6.45) is 0.607. The summed E-state index contributed by atoms with van der Waals surface area (Å²) < 4.78 is 20.0. The molecule has 2 aromatic heterocycles. The first-order valence-electron chi connectivity index (χ1n) is 14.1. The summed E-state index contributed by atoms with van der Waals surface area (Å²) in [6, 6.07) is 17.6. The lowest BCUT2D eigenvalue weighted by molar-refractivity contribution is 0.329. The van der Waals surface area contributed by atoms with Gasteiger partial charge in [-0.1, -0.05) is 18.2 Å². The maximum absolute atomic E-state index is 13.6. The summed E-state index contributed by atoms with van der Waals surface area (Å²) in [7, 11) is 0. The van der Waals surface area contributed by atoms with Gasteiger partial charge in [0.1, 0.15) is 29.8 Å². The first-order valence-corrected chi connectivity index (χ1v) is 14.1. The topological polar surface area (TPSA) is 79.0 Å². The van der Waals surface area contributed by atoms with E-state index in [-0.39, 0.29) is 11.9 Å². The summed E-state index contributed by atoms with van der Waals surface area (Å²) in [5.41, 5.74) is 9.41. The van der Waals surface area contributed by atoms with Crippen molar-refractivity contribution in [1.82, 2.24) is 19.9 Å². The Bertz CT molecular complexity index is 1730. The number of aromatic amines is 1. The quantitative estimate of drug-likeness (QED) is 0.240. The lowest BCUT2D eigenvalue weighted by Gasteiger charge is -2.26. The summed E-state index contributed by atoms with van der Waals surface area (Å²) in [4.78, 5) is 20.0. The Morgan fingerprint density at radius 1 is 0.976 bits per heavy atom. The molecule has 0 spiro atoms. The maximum atomic E-state index is 13.6. The van der Waals surface area contributed by atoms with Gasteiger partial charge in [-0.25, -0.2) is 14.4 Å². The lowest BCUT2D eigenvalue weighted by atomic mass is 9.98. The number of ether oxygens (including phenoxy) is 1. The number of hydrogen-bond donors (Lipinski definition) is 2. The molecule has 2 N–H and O–H groups in total. The molecular weight excluding hydrogens is 515 g/mol. The number of aryl methyl sites for hydroxylation is 3. The molecular formula is C33H35FN6O.